The molecule has 0 radical (unpaired) electrons. The number of benzene rings is 3. The Morgan fingerprint density at radius 1 is 0.905 bits per heavy atom. The largest absolute Gasteiger partial charge is 0.456 e. The summed E-state index contributed by atoms with van der Waals surface area (Å²) < 4.78 is 7.98. The maximum atomic E-state index is 6.06. The number of halogens is 2. The summed E-state index contributed by atoms with van der Waals surface area (Å²) in [5, 5.41) is 2.30. The fraction of sp³-hybridized carbons (Fsp3) is 0.0588. The van der Waals surface area contributed by atoms with Gasteiger partial charge in [-0.25, -0.2) is 0 Å². The lowest BCUT2D eigenvalue weighted by molar-refractivity contribution is 0.474. The van der Waals surface area contributed by atoms with E-state index in [-0.39, 0.29) is 0 Å². The van der Waals surface area contributed by atoms with Crippen LogP contribution in [0.1, 0.15) is 5.56 Å². The summed E-state index contributed by atoms with van der Waals surface area (Å²) >= 11 is 7.10. The van der Waals surface area contributed by atoms with E-state index in [9.17, 15) is 0 Å². The average molecular weight is 407 g/mol. The van der Waals surface area contributed by atoms with Crippen LogP contribution in [-0.2, 0) is 6.54 Å². The monoisotopic (exact) mass is 405 g/mol. The van der Waals surface area contributed by atoms with Gasteiger partial charge in [0.25, 0.3) is 0 Å². The Morgan fingerprint density at radius 2 is 1.71 bits per heavy atom. The molecule has 3 aromatic carbocycles. The first-order chi connectivity index (χ1) is 10.2. The number of nitrogens with two attached hydrogens (primary N) is 1. The van der Waals surface area contributed by atoms with Crippen LogP contribution in [0.4, 0.5) is 0 Å². The van der Waals surface area contributed by atoms with Crippen LogP contribution in [0.2, 0.25) is 0 Å². The lowest BCUT2D eigenvalue weighted by Gasteiger charge is -2.13. The molecule has 0 atom stereocenters. The van der Waals surface area contributed by atoms with Gasteiger partial charge < -0.3 is 10.5 Å². The normalized spacial score (nSPS) is 10.8. The highest BCUT2D eigenvalue weighted by atomic mass is 79.9. The first-order valence-corrected chi connectivity index (χ1v) is 8.11. The molecule has 0 bridgehead atoms. The summed E-state index contributed by atoms with van der Waals surface area (Å²) in [6, 6.07) is 18.1. The third-order valence-electron chi connectivity index (χ3n) is 3.30. The molecular weight excluding hydrogens is 394 g/mol. The Labute approximate surface area is 140 Å². The molecule has 21 heavy (non-hydrogen) atoms. The van der Waals surface area contributed by atoms with Crippen molar-refractivity contribution >= 4 is 42.6 Å². The molecule has 0 amide bonds. The summed E-state index contributed by atoms with van der Waals surface area (Å²) in [5.74, 6) is 1.55. The van der Waals surface area contributed by atoms with Crippen molar-refractivity contribution in [3.63, 3.8) is 0 Å². The first-order valence-electron chi connectivity index (χ1n) is 6.52. The topological polar surface area (TPSA) is 35.2 Å². The highest BCUT2D eigenvalue weighted by Crippen LogP contribution is 2.37. The number of hydrogen-bond acceptors (Lipinski definition) is 2. The Bertz CT molecular complexity index is 802. The third kappa shape index (κ3) is 2.98. The van der Waals surface area contributed by atoms with Crippen LogP contribution in [0.3, 0.4) is 0 Å². The van der Waals surface area contributed by atoms with Gasteiger partial charge in [0, 0.05) is 16.6 Å². The van der Waals surface area contributed by atoms with E-state index < -0.39 is 0 Å². The van der Waals surface area contributed by atoms with E-state index in [1.807, 2.05) is 36.4 Å². The maximum absolute atomic E-state index is 6.06. The predicted molar refractivity (Wildman–Crippen MR) is 93.8 cm³/mol. The van der Waals surface area contributed by atoms with E-state index in [1.165, 1.54) is 5.39 Å². The Hall–Kier alpha value is -1.36. The fourth-order valence-electron chi connectivity index (χ4n) is 2.20. The molecule has 4 heteroatoms. The van der Waals surface area contributed by atoms with E-state index in [0.717, 1.165) is 31.4 Å². The van der Waals surface area contributed by atoms with Crippen molar-refractivity contribution < 1.29 is 4.74 Å². The van der Waals surface area contributed by atoms with Crippen LogP contribution in [0.5, 0.6) is 11.5 Å². The zero-order valence-electron chi connectivity index (χ0n) is 11.1. The SMILES string of the molecule is NCc1ccc(Br)cc1Oc1ccc2ccccc2c1Br. The minimum Gasteiger partial charge on any atom is -0.456 e. The Morgan fingerprint density at radius 3 is 2.52 bits per heavy atom. The highest BCUT2D eigenvalue weighted by Gasteiger charge is 2.10. The van der Waals surface area contributed by atoms with Gasteiger partial charge in [-0.1, -0.05) is 52.3 Å². The van der Waals surface area contributed by atoms with Gasteiger partial charge >= 0.3 is 0 Å². The molecule has 3 aromatic rings. The van der Waals surface area contributed by atoms with E-state index in [0.29, 0.717) is 6.54 Å². The summed E-state index contributed by atoms with van der Waals surface area (Å²) in [6.45, 7) is 0.438. The average Bonchev–Trinajstić information content (AvgIpc) is 2.51. The third-order valence-corrected chi connectivity index (χ3v) is 4.61. The van der Waals surface area contributed by atoms with Gasteiger partial charge in [0.05, 0.1) is 4.47 Å². The predicted octanol–water partition coefficient (Wildman–Crippen LogP) is 5.62. The van der Waals surface area contributed by atoms with Crippen molar-refractivity contribution in [3.8, 4) is 11.5 Å². The molecule has 3 rings (SSSR count). The van der Waals surface area contributed by atoms with Crippen LogP contribution in [-0.4, -0.2) is 0 Å². The number of rotatable bonds is 3. The number of hydrogen-bond donors (Lipinski definition) is 1. The molecule has 0 spiro atoms. The molecule has 0 heterocycles. The van der Waals surface area contributed by atoms with E-state index in [1.54, 1.807) is 0 Å². The van der Waals surface area contributed by atoms with Gasteiger partial charge in [-0.15, -0.1) is 0 Å². The van der Waals surface area contributed by atoms with Gasteiger partial charge in [0.2, 0.25) is 0 Å². The second-order valence-electron chi connectivity index (χ2n) is 4.66. The summed E-state index contributed by atoms with van der Waals surface area (Å²) in [5.41, 5.74) is 6.75. The van der Waals surface area contributed by atoms with Gasteiger partial charge in [-0.05, 0) is 44.9 Å². The minimum atomic E-state index is 0.438. The molecule has 0 fully saturated rings. The second kappa shape index (κ2) is 6.18. The number of fused-ring (bicyclic) bond motifs is 1. The molecule has 0 aliphatic rings. The van der Waals surface area contributed by atoms with Gasteiger partial charge in [0.15, 0.2) is 0 Å². The van der Waals surface area contributed by atoms with Gasteiger partial charge in [-0.2, -0.15) is 0 Å². The van der Waals surface area contributed by atoms with Crippen molar-refractivity contribution in [2.24, 2.45) is 5.73 Å². The zero-order valence-corrected chi connectivity index (χ0v) is 14.3. The van der Waals surface area contributed by atoms with Gasteiger partial charge in [0.1, 0.15) is 11.5 Å². The molecule has 2 N–H and O–H groups in total. The van der Waals surface area contributed by atoms with Gasteiger partial charge in [-0.3, -0.25) is 0 Å². The molecule has 0 saturated heterocycles. The zero-order chi connectivity index (χ0) is 14.8. The molecule has 2 nitrogen and oxygen atoms in total. The smallest absolute Gasteiger partial charge is 0.142 e. The van der Waals surface area contributed by atoms with E-state index >= 15 is 0 Å². The number of ether oxygens (including phenoxy) is 1. The lowest BCUT2D eigenvalue weighted by Crippen LogP contribution is -1.99. The summed E-state index contributed by atoms with van der Waals surface area (Å²) in [6.07, 6.45) is 0. The molecule has 0 aliphatic carbocycles. The first kappa shape index (κ1) is 14.6. The van der Waals surface area contributed by atoms with Crippen molar-refractivity contribution in [1.29, 1.82) is 0 Å². The molecule has 0 unspecified atom stereocenters. The lowest BCUT2D eigenvalue weighted by atomic mass is 10.1. The van der Waals surface area contributed by atoms with E-state index in [2.05, 4.69) is 50.1 Å². The highest BCUT2D eigenvalue weighted by molar-refractivity contribution is 9.11. The van der Waals surface area contributed by atoms with E-state index in [4.69, 9.17) is 10.5 Å². The van der Waals surface area contributed by atoms with Crippen LogP contribution >= 0.6 is 31.9 Å². The molecule has 0 saturated carbocycles. The molecule has 0 aliphatic heterocycles. The van der Waals surface area contributed by atoms with Crippen LogP contribution in [0, 0.1) is 0 Å². The van der Waals surface area contributed by atoms with Crippen molar-refractivity contribution in [2.75, 3.05) is 0 Å². The molecular formula is C17H13Br2NO. The maximum Gasteiger partial charge on any atom is 0.142 e. The Balaban J connectivity index is 2.06. The van der Waals surface area contributed by atoms with Crippen molar-refractivity contribution in [1.82, 2.24) is 0 Å². The van der Waals surface area contributed by atoms with Crippen LogP contribution in [0.15, 0.2) is 63.5 Å². The van der Waals surface area contributed by atoms with Crippen LogP contribution in [0.25, 0.3) is 10.8 Å². The second-order valence-corrected chi connectivity index (χ2v) is 6.37. The summed E-state index contributed by atoms with van der Waals surface area (Å²) in [7, 11) is 0. The molecule has 106 valence electrons. The van der Waals surface area contributed by atoms with Crippen molar-refractivity contribution in [3.05, 3.63) is 69.1 Å². The van der Waals surface area contributed by atoms with Crippen LogP contribution < -0.4 is 10.5 Å². The molecule has 0 aromatic heterocycles. The Kier molecular flexibility index (Phi) is 4.29. The standard InChI is InChI=1S/C17H13Br2NO/c18-13-7-5-12(10-20)16(9-13)21-15-8-6-11-3-1-2-4-14(11)17(15)19/h1-9H,10,20H2. The minimum absolute atomic E-state index is 0.438. The quantitative estimate of drug-likeness (QED) is 0.612. The van der Waals surface area contributed by atoms with Crippen molar-refractivity contribution in [2.45, 2.75) is 6.54 Å². The summed E-state index contributed by atoms with van der Waals surface area (Å²) in [4.78, 5) is 0. The fourth-order valence-corrected chi connectivity index (χ4v) is 3.12.